The Bertz CT molecular complexity index is 471. The Kier molecular flexibility index (Phi) is 4.55. The van der Waals surface area contributed by atoms with Crippen LogP contribution < -0.4 is 5.32 Å². The minimum atomic E-state index is -0.262. The third kappa shape index (κ3) is 3.61. The average molecular weight is 289 g/mol. The molecule has 0 amide bonds. The molecule has 3 rings (SSSR count). The number of nitrogens with zero attached hydrogens (tertiary/aromatic N) is 2. The third-order valence-corrected chi connectivity index (χ3v) is 4.65. The van der Waals surface area contributed by atoms with E-state index in [0.717, 1.165) is 37.5 Å². The van der Waals surface area contributed by atoms with E-state index in [2.05, 4.69) is 24.1 Å². The first-order chi connectivity index (χ1) is 10.2. The molecule has 1 aromatic heterocycles. The highest BCUT2D eigenvalue weighted by Gasteiger charge is 2.40. The van der Waals surface area contributed by atoms with Crippen molar-refractivity contribution in [1.29, 1.82) is 0 Å². The maximum Gasteiger partial charge on any atom is 0.160 e. The second-order valence-corrected chi connectivity index (χ2v) is 6.66. The molecular weight excluding hydrogens is 262 g/mol. The van der Waals surface area contributed by atoms with Gasteiger partial charge in [-0.2, -0.15) is 0 Å². The van der Waals surface area contributed by atoms with Gasteiger partial charge in [0, 0.05) is 25.4 Å². The fourth-order valence-corrected chi connectivity index (χ4v) is 3.43. The topological polar surface area (TPSA) is 47.0 Å². The van der Waals surface area contributed by atoms with Crippen molar-refractivity contribution in [1.82, 2.24) is 15.3 Å². The molecule has 0 aromatic carbocycles. The maximum atomic E-state index is 6.17. The van der Waals surface area contributed by atoms with Crippen LogP contribution >= 0.6 is 0 Å². The largest absolute Gasteiger partial charge is 0.367 e. The van der Waals surface area contributed by atoms with Gasteiger partial charge in [0.1, 0.15) is 5.60 Å². The Morgan fingerprint density at radius 3 is 2.95 bits per heavy atom. The zero-order valence-corrected chi connectivity index (χ0v) is 13.3. The van der Waals surface area contributed by atoms with Gasteiger partial charge in [-0.05, 0) is 51.0 Å². The van der Waals surface area contributed by atoms with Crippen LogP contribution in [-0.2, 0) is 16.9 Å². The molecule has 2 unspecified atom stereocenters. The summed E-state index contributed by atoms with van der Waals surface area (Å²) in [6.45, 7) is 5.95. The van der Waals surface area contributed by atoms with Gasteiger partial charge in [-0.3, -0.25) is 0 Å². The van der Waals surface area contributed by atoms with Gasteiger partial charge in [-0.15, -0.1) is 0 Å². The van der Waals surface area contributed by atoms with Crippen LogP contribution in [0.3, 0.4) is 0 Å². The van der Waals surface area contributed by atoms with E-state index in [4.69, 9.17) is 9.72 Å². The van der Waals surface area contributed by atoms with Crippen LogP contribution in [0.2, 0.25) is 0 Å². The van der Waals surface area contributed by atoms with E-state index in [9.17, 15) is 0 Å². The molecule has 2 saturated carbocycles. The van der Waals surface area contributed by atoms with Crippen molar-refractivity contribution < 1.29 is 4.74 Å². The third-order valence-electron chi connectivity index (χ3n) is 4.65. The number of ether oxygens (including phenoxy) is 1. The van der Waals surface area contributed by atoms with Crippen LogP contribution in [0.1, 0.15) is 63.9 Å². The van der Waals surface area contributed by atoms with E-state index >= 15 is 0 Å². The maximum absolute atomic E-state index is 6.17. The first-order valence-corrected chi connectivity index (χ1v) is 8.41. The van der Waals surface area contributed by atoms with Gasteiger partial charge >= 0.3 is 0 Å². The van der Waals surface area contributed by atoms with Gasteiger partial charge in [-0.25, -0.2) is 9.97 Å². The summed E-state index contributed by atoms with van der Waals surface area (Å²) >= 11 is 0. The van der Waals surface area contributed by atoms with Crippen LogP contribution in [0, 0.1) is 5.92 Å². The second kappa shape index (κ2) is 6.41. The molecule has 2 atom stereocenters. The van der Waals surface area contributed by atoms with E-state index < -0.39 is 0 Å². The van der Waals surface area contributed by atoms with Crippen molar-refractivity contribution in [2.45, 2.75) is 70.6 Å². The lowest BCUT2D eigenvalue weighted by atomic mass is 9.78. The SMILES string of the molecule is CCOC1(c2nccc(CNC3CC3)n2)CCCC(C)C1. The quantitative estimate of drug-likeness (QED) is 0.874. The Morgan fingerprint density at radius 2 is 2.24 bits per heavy atom. The zero-order valence-electron chi connectivity index (χ0n) is 13.3. The fourth-order valence-electron chi connectivity index (χ4n) is 3.43. The van der Waals surface area contributed by atoms with Crippen LogP contribution in [0.25, 0.3) is 0 Å². The number of nitrogens with one attached hydrogen (secondary N) is 1. The Hall–Kier alpha value is -1.00. The zero-order chi connectivity index (χ0) is 14.7. The lowest BCUT2D eigenvalue weighted by Gasteiger charge is -2.38. The molecule has 2 fully saturated rings. The minimum absolute atomic E-state index is 0.262. The van der Waals surface area contributed by atoms with Crippen LogP contribution in [0.4, 0.5) is 0 Å². The Labute approximate surface area is 127 Å². The summed E-state index contributed by atoms with van der Waals surface area (Å²) in [5.41, 5.74) is 0.825. The summed E-state index contributed by atoms with van der Waals surface area (Å²) in [7, 11) is 0. The fraction of sp³-hybridized carbons (Fsp3) is 0.765. The molecule has 1 aromatic rings. The van der Waals surface area contributed by atoms with Crippen LogP contribution in [0.15, 0.2) is 12.3 Å². The first-order valence-electron chi connectivity index (χ1n) is 8.41. The molecule has 0 spiro atoms. The normalized spacial score (nSPS) is 29.5. The molecule has 4 nitrogen and oxygen atoms in total. The number of aromatic nitrogens is 2. The summed E-state index contributed by atoms with van der Waals surface area (Å²) in [6, 6.07) is 2.73. The Balaban J connectivity index is 1.78. The highest BCUT2D eigenvalue weighted by Crippen LogP contribution is 2.41. The lowest BCUT2D eigenvalue weighted by Crippen LogP contribution is -2.37. The number of rotatable bonds is 6. The monoisotopic (exact) mass is 289 g/mol. The molecule has 116 valence electrons. The van der Waals surface area contributed by atoms with Crippen molar-refractivity contribution in [3.05, 3.63) is 23.8 Å². The van der Waals surface area contributed by atoms with Crippen molar-refractivity contribution in [2.75, 3.05) is 6.61 Å². The summed E-state index contributed by atoms with van der Waals surface area (Å²) in [4.78, 5) is 9.39. The lowest BCUT2D eigenvalue weighted by molar-refractivity contribution is -0.0882. The smallest absolute Gasteiger partial charge is 0.160 e. The molecule has 1 N–H and O–H groups in total. The molecular formula is C17H27N3O. The summed E-state index contributed by atoms with van der Waals surface area (Å²) in [5, 5.41) is 3.53. The summed E-state index contributed by atoms with van der Waals surface area (Å²) in [6.07, 6.45) is 9.08. The highest BCUT2D eigenvalue weighted by atomic mass is 16.5. The molecule has 1 heterocycles. The van der Waals surface area contributed by atoms with Crippen LogP contribution in [0.5, 0.6) is 0 Å². The molecule has 2 aliphatic carbocycles. The predicted molar refractivity (Wildman–Crippen MR) is 82.8 cm³/mol. The van der Waals surface area contributed by atoms with Crippen molar-refractivity contribution in [3.8, 4) is 0 Å². The predicted octanol–water partition coefficient (Wildman–Crippen LogP) is 3.17. The number of hydrogen-bond donors (Lipinski definition) is 1. The highest BCUT2D eigenvalue weighted by molar-refractivity contribution is 5.10. The van der Waals surface area contributed by atoms with Gasteiger partial charge in [0.25, 0.3) is 0 Å². The van der Waals surface area contributed by atoms with E-state index in [-0.39, 0.29) is 5.60 Å². The summed E-state index contributed by atoms with van der Waals surface area (Å²) in [5.74, 6) is 1.58. The van der Waals surface area contributed by atoms with Crippen molar-refractivity contribution in [3.63, 3.8) is 0 Å². The van der Waals surface area contributed by atoms with Gasteiger partial charge in [-0.1, -0.05) is 13.3 Å². The standard InChI is InChI=1S/C17H27N3O/c1-3-21-17(9-4-5-13(2)11-17)16-18-10-8-15(20-16)12-19-14-6-7-14/h8,10,13-14,19H,3-7,9,11-12H2,1-2H3. The van der Waals surface area contributed by atoms with E-state index in [0.29, 0.717) is 12.0 Å². The van der Waals surface area contributed by atoms with Gasteiger partial charge in [0.2, 0.25) is 0 Å². The summed E-state index contributed by atoms with van der Waals surface area (Å²) < 4.78 is 6.17. The molecule has 21 heavy (non-hydrogen) atoms. The van der Waals surface area contributed by atoms with Gasteiger partial charge in [0.15, 0.2) is 5.82 Å². The Morgan fingerprint density at radius 1 is 1.38 bits per heavy atom. The minimum Gasteiger partial charge on any atom is -0.367 e. The molecule has 0 aliphatic heterocycles. The van der Waals surface area contributed by atoms with E-state index in [1.54, 1.807) is 0 Å². The van der Waals surface area contributed by atoms with Gasteiger partial charge < -0.3 is 10.1 Å². The van der Waals surface area contributed by atoms with E-state index in [1.165, 1.54) is 25.7 Å². The van der Waals surface area contributed by atoms with E-state index in [1.807, 2.05) is 12.3 Å². The first kappa shape index (κ1) is 14.9. The average Bonchev–Trinajstić information content (AvgIpc) is 3.30. The van der Waals surface area contributed by atoms with Gasteiger partial charge in [0.05, 0.1) is 5.69 Å². The van der Waals surface area contributed by atoms with Crippen molar-refractivity contribution in [2.24, 2.45) is 5.92 Å². The second-order valence-electron chi connectivity index (χ2n) is 6.66. The number of hydrogen-bond acceptors (Lipinski definition) is 4. The molecule has 0 saturated heterocycles. The van der Waals surface area contributed by atoms with Crippen LogP contribution in [-0.4, -0.2) is 22.6 Å². The molecule has 4 heteroatoms. The molecule has 0 bridgehead atoms. The molecule has 0 radical (unpaired) electrons. The molecule has 2 aliphatic rings. The van der Waals surface area contributed by atoms with Crippen molar-refractivity contribution >= 4 is 0 Å².